The van der Waals surface area contributed by atoms with E-state index < -0.39 is 0 Å². The van der Waals surface area contributed by atoms with Gasteiger partial charge in [0.15, 0.2) is 0 Å². The van der Waals surface area contributed by atoms with E-state index in [4.69, 9.17) is 0 Å². The fourth-order valence-corrected chi connectivity index (χ4v) is 1.99. The number of carbonyl (C=O) groups is 1. The Kier molecular flexibility index (Phi) is 4.35. The van der Waals surface area contributed by atoms with E-state index in [0.29, 0.717) is 24.2 Å². The first-order valence-electron chi connectivity index (χ1n) is 6.60. The van der Waals surface area contributed by atoms with Gasteiger partial charge in [0.2, 0.25) is 0 Å². The van der Waals surface area contributed by atoms with Crippen LogP contribution in [-0.2, 0) is 6.54 Å². The first kappa shape index (κ1) is 14.1. The predicted octanol–water partition coefficient (Wildman–Crippen LogP) is 2.76. The quantitative estimate of drug-likeness (QED) is 0.929. The van der Waals surface area contributed by atoms with Crippen LogP contribution in [0, 0.1) is 6.92 Å². The lowest BCUT2D eigenvalue weighted by Crippen LogP contribution is -2.30. The first-order valence-corrected chi connectivity index (χ1v) is 6.60. The molecular formula is C16H18N2O2. The fourth-order valence-electron chi connectivity index (χ4n) is 1.99. The zero-order valence-electron chi connectivity index (χ0n) is 11.7. The Hall–Kier alpha value is -2.36. The number of phenols is 1. The molecule has 2 aromatic rings. The van der Waals surface area contributed by atoms with Gasteiger partial charge in [-0.2, -0.15) is 0 Å². The molecule has 0 spiro atoms. The Morgan fingerprint density at radius 2 is 2.10 bits per heavy atom. The summed E-state index contributed by atoms with van der Waals surface area (Å²) in [4.78, 5) is 18.4. The molecule has 0 saturated carbocycles. The minimum atomic E-state index is -0.0544. The van der Waals surface area contributed by atoms with Crippen LogP contribution in [-0.4, -0.2) is 27.4 Å². The summed E-state index contributed by atoms with van der Waals surface area (Å²) in [5.74, 6) is 0.149. The van der Waals surface area contributed by atoms with Crippen LogP contribution >= 0.6 is 0 Å². The molecular weight excluding hydrogens is 252 g/mol. The number of pyridine rings is 1. The Morgan fingerprint density at radius 1 is 1.30 bits per heavy atom. The molecule has 0 atom stereocenters. The monoisotopic (exact) mass is 270 g/mol. The molecule has 1 aromatic heterocycles. The van der Waals surface area contributed by atoms with Gasteiger partial charge in [-0.05, 0) is 49.7 Å². The van der Waals surface area contributed by atoms with E-state index in [0.717, 1.165) is 5.69 Å². The SMILES string of the molecule is CCN(Cc1ccccn1)C(=O)c1ccc(O)c(C)c1. The van der Waals surface area contributed by atoms with Gasteiger partial charge >= 0.3 is 0 Å². The highest BCUT2D eigenvalue weighted by molar-refractivity contribution is 5.94. The maximum atomic E-state index is 12.5. The standard InChI is InChI=1S/C16H18N2O2/c1-3-18(11-14-6-4-5-9-17-14)16(20)13-7-8-15(19)12(2)10-13/h4-10,19H,3,11H2,1-2H3. The normalized spacial score (nSPS) is 10.3. The Morgan fingerprint density at radius 3 is 2.70 bits per heavy atom. The third kappa shape index (κ3) is 3.15. The molecule has 0 bridgehead atoms. The van der Waals surface area contributed by atoms with Gasteiger partial charge in [-0.25, -0.2) is 0 Å². The van der Waals surface area contributed by atoms with Crippen LogP contribution in [0.2, 0.25) is 0 Å². The lowest BCUT2D eigenvalue weighted by atomic mass is 10.1. The van der Waals surface area contributed by atoms with Gasteiger partial charge in [0.1, 0.15) is 5.75 Å². The second kappa shape index (κ2) is 6.19. The maximum absolute atomic E-state index is 12.5. The number of amides is 1. The highest BCUT2D eigenvalue weighted by atomic mass is 16.3. The van der Waals surface area contributed by atoms with Crippen molar-refractivity contribution < 1.29 is 9.90 Å². The van der Waals surface area contributed by atoms with Gasteiger partial charge in [-0.15, -0.1) is 0 Å². The van der Waals surface area contributed by atoms with Gasteiger partial charge < -0.3 is 10.0 Å². The average molecular weight is 270 g/mol. The van der Waals surface area contributed by atoms with Crippen molar-refractivity contribution >= 4 is 5.91 Å². The number of hydrogen-bond acceptors (Lipinski definition) is 3. The van der Waals surface area contributed by atoms with Crippen LogP contribution in [0.1, 0.15) is 28.5 Å². The van der Waals surface area contributed by atoms with Crippen LogP contribution in [0.5, 0.6) is 5.75 Å². The minimum Gasteiger partial charge on any atom is -0.508 e. The predicted molar refractivity (Wildman–Crippen MR) is 77.5 cm³/mol. The number of phenolic OH excluding ortho intramolecular Hbond substituents is 1. The molecule has 4 heteroatoms. The minimum absolute atomic E-state index is 0.0544. The average Bonchev–Trinajstić information content (AvgIpc) is 2.48. The second-order valence-electron chi connectivity index (χ2n) is 4.64. The zero-order chi connectivity index (χ0) is 14.5. The molecule has 104 valence electrons. The molecule has 0 aliphatic rings. The molecule has 0 aliphatic carbocycles. The molecule has 0 radical (unpaired) electrons. The largest absolute Gasteiger partial charge is 0.508 e. The van der Waals surface area contributed by atoms with Crippen molar-refractivity contribution in [2.24, 2.45) is 0 Å². The number of rotatable bonds is 4. The molecule has 1 aromatic carbocycles. The van der Waals surface area contributed by atoms with E-state index in [9.17, 15) is 9.90 Å². The molecule has 1 heterocycles. The Labute approximate surface area is 118 Å². The van der Waals surface area contributed by atoms with Gasteiger partial charge in [0, 0.05) is 18.3 Å². The Bertz CT molecular complexity index is 597. The summed E-state index contributed by atoms with van der Waals surface area (Å²) in [6.45, 7) is 4.81. The third-order valence-corrected chi connectivity index (χ3v) is 3.19. The summed E-state index contributed by atoms with van der Waals surface area (Å²) in [6.07, 6.45) is 1.72. The molecule has 0 saturated heterocycles. The Balaban J connectivity index is 2.18. The van der Waals surface area contributed by atoms with Crippen molar-refractivity contribution in [3.63, 3.8) is 0 Å². The summed E-state index contributed by atoms with van der Waals surface area (Å²) in [5.41, 5.74) is 2.14. The van der Waals surface area contributed by atoms with Crippen LogP contribution < -0.4 is 0 Å². The summed E-state index contributed by atoms with van der Waals surface area (Å²) < 4.78 is 0. The highest BCUT2D eigenvalue weighted by Crippen LogP contribution is 2.18. The van der Waals surface area contributed by atoms with Crippen molar-refractivity contribution in [2.75, 3.05) is 6.54 Å². The van der Waals surface area contributed by atoms with E-state index in [2.05, 4.69) is 4.98 Å². The lowest BCUT2D eigenvalue weighted by molar-refractivity contribution is 0.0750. The van der Waals surface area contributed by atoms with Crippen LogP contribution in [0.15, 0.2) is 42.6 Å². The second-order valence-corrected chi connectivity index (χ2v) is 4.64. The molecule has 1 amide bonds. The zero-order valence-corrected chi connectivity index (χ0v) is 11.7. The number of hydrogen-bond donors (Lipinski definition) is 1. The molecule has 4 nitrogen and oxygen atoms in total. The lowest BCUT2D eigenvalue weighted by Gasteiger charge is -2.20. The third-order valence-electron chi connectivity index (χ3n) is 3.19. The van der Waals surface area contributed by atoms with Crippen LogP contribution in [0.3, 0.4) is 0 Å². The van der Waals surface area contributed by atoms with Crippen LogP contribution in [0.4, 0.5) is 0 Å². The topological polar surface area (TPSA) is 53.4 Å². The van der Waals surface area contributed by atoms with Crippen LogP contribution in [0.25, 0.3) is 0 Å². The van der Waals surface area contributed by atoms with E-state index in [1.807, 2.05) is 25.1 Å². The van der Waals surface area contributed by atoms with Crippen molar-refractivity contribution in [2.45, 2.75) is 20.4 Å². The number of nitrogens with zero attached hydrogens (tertiary/aromatic N) is 2. The van der Waals surface area contributed by atoms with Gasteiger partial charge in [0.25, 0.3) is 5.91 Å². The summed E-state index contributed by atoms with van der Waals surface area (Å²) >= 11 is 0. The number of aryl methyl sites for hydroxylation is 1. The first-order chi connectivity index (χ1) is 9.61. The van der Waals surface area contributed by atoms with E-state index in [1.165, 1.54) is 0 Å². The molecule has 0 fully saturated rings. The summed E-state index contributed by atoms with van der Waals surface area (Å²) in [6, 6.07) is 10.6. The highest BCUT2D eigenvalue weighted by Gasteiger charge is 2.15. The van der Waals surface area contributed by atoms with E-state index in [1.54, 1.807) is 36.2 Å². The van der Waals surface area contributed by atoms with E-state index >= 15 is 0 Å². The van der Waals surface area contributed by atoms with Crippen molar-refractivity contribution in [1.82, 2.24) is 9.88 Å². The van der Waals surface area contributed by atoms with Gasteiger partial charge in [-0.3, -0.25) is 9.78 Å². The smallest absolute Gasteiger partial charge is 0.254 e. The molecule has 0 unspecified atom stereocenters. The van der Waals surface area contributed by atoms with Crippen molar-refractivity contribution in [3.8, 4) is 5.75 Å². The number of aromatic nitrogens is 1. The summed E-state index contributed by atoms with van der Waals surface area (Å²) in [5, 5.41) is 9.52. The molecule has 20 heavy (non-hydrogen) atoms. The van der Waals surface area contributed by atoms with Crippen molar-refractivity contribution in [3.05, 3.63) is 59.4 Å². The molecule has 0 aliphatic heterocycles. The summed E-state index contributed by atoms with van der Waals surface area (Å²) in [7, 11) is 0. The van der Waals surface area contributed by atoms with E-state index in [-0.39, 0.29) is 11.7 Å². The van der Waals surface area contributed by atoms with Gasteiger partial charge in [-0.1, -0.05) is 6.07 Å². The van der Waals surface area contributed by atoms with Gasteiger partial charge in [0.05, 0.1) is 12.2 Å². The fraction of sp³-hybridized carbons (Fsp3) is 0.250. The number of carbonyl (C=O) groups excluding carboxylic acids is 1. The molecule has 1 N–H and O–H groups in total. The number of aromatic hydroxyl groups is 1. The van der Waals surface area contributed by atoms with Crippen molar-refractivity contribution in [1.29, 1.82) is 0 Å². The maximum Gasteiger partial charge on any atom is 0.254 e. The molecule has 2 rings (SSSR count). The number of benzene rings is 1.